The van der Waals surface area contributed by atoms with Gasteiger partial charge in [-0.3, -0.25) is 0 Å². The minimum atomic E-state index is -1.40. The van der Waals surface area contributed by atoms with E-state index in [1.807, 2.05) is 0 Å². The van der Waals surface area contributed by atoms with Crippen LogP contribution in [-0.4, -0.2) is 62.8 Å². The first-order valence-electron chi connectivity index (χ1n) is 6.62. The monoisotopic (exact) mass is 260 g/mol. The van der Waals surface area contributed by atoms with Gasteiger partial charge in [0.1, 0.15) is 36.6 Å². The van der Waals surface area contributed by atoms with Crippen LogP contribution >= 0.6 is 0 Å². The molecule has 2 aliphatic carbocycles. The fourth-order valence-corrected chi connectivity index (χ4v) is 3.30. The summed E-state index contributed by atoms with van der Waals surface area (Å²) in [6.45, 7) is 0. The molecule has 4 N–H and O–H groups in total. The van der Waals surface area contributed by atoms with Gasteiger partial charge < -0.3 is 29.9 Å². The summed E-state index contributed by atoms with van der Waals surface area (Å²) in [4.78, 5) is 0. The normalized spacial score (nSPS) is 51.3. The van der Waals surface area contributed by atoms with E-state index >= 15 is 0 Å². The van der Waals surface area contributed by atoms with E-state index in [0.717, 1.165) is 32.1 Å². The predicted octanol–water partition coefficient (Wildman–Crippen LogP) is -1.11. The van der Waals surface area contributed by atoms with E-state index in [1.54, 1.807) is 0 Å². The second-order valence-electron chi connectivity index (χ2n) is 5.60. The van der Waals surface area contributed by atoms with Crippen LogP contribution in [0.15, 0.2) is 0 Å². The van der Waals surface area contributed by atoms with Gasteiger partial charge >= 0.3 is 0 Å². The molecule has 3 aliphatic rings. The standard InChI is InChI=1S/C12H20O6/c13-6-7(14)9(16)11-10(8(6)15)17-12(18-11)4-2-1-3-5-12/h6-11,13-16H,1-5H2/t6-,7?,8-,9?,10?,11+/m0/s1. The van der Waals surface area contributed by atoms with E-state index in [4.69, 9.17) is 9.47 Å². The van der Waals surface area contributed by atoms with Crippen molar-refractivity contribution in [1.82, 2.24) is 0 Å². The highest BCUT2D eigenvalue weighted by atomic mass is 16.8. The largest absolute Gasteiger partial charge is 0.387 e. The molecule has 6 heteroatoms. The van der Waals surface area contributed by atoms with Crippen LogP contribution in [0.2, 0.25) is 0 Å². The Hall–Kier alpha value is -0.240. The van der Waals surface area contributed by atoms with Gasteiger partial charge in [-0.05, 0) is 12.8 Å². The molecule has 3 fully saturated rings. The number of hydrogen-bond donors (Lipinski definition) is 4. The SMILES string of the molecule is OC1C(O)[C@H](O)[C@H](O)C2OC3(CCCCC3)O[C@H]12. The minimum Gasteiger partial charge on any atom is -0.387 e. The minimum absolute atomic E-state index is 0.728. The fourth-order valence-electron chi connectivity index (χ4n) is 3.30. The molecule has 1 heterocycles. The lowest BCUT2D eigenvalue weighted by Gasteiger charge is -2.38. The first-order valence-corrected chi connectivity index (χ1v) is 6.62. The van der Waals surface area contributed by atoms with Gasteiger partial charge in [-0.25, -0.2) is 0 Å². The van der Waals surface area contributed by atoms with Gasteiger partial charge in [0.25, 0.3) is 0 Å². The van der Waals surface area contributed by atoms with Crippen molar-refractivity contribution in [1.29, 1.82) is 0 Å². The smallest absolute Gasteiger partial charge is 0.169 e. The van der Waals surface area contributed by atoms with Crippen LogP contribution in [-0.2, 0) is 9.47 Å². The maximum atomic E-state index is 9.92. The molecule has 6 atom stereocenters. The molecule has 0 radical (unpaired) electrons. The number of aliphatic hydroxyl groups excluding tert-OH is 4. The van der Waals surface area contributed by atoms with E-state index < -0.39 is 42.4 Å². The predicted molar refractivity (Wildman–Crippen MR) is 59.6 cm³/mol. The molecular formula is C12H20O6. The topological polar surface area (TPSA) is 99.4 Å². The maximum absolute atomic E-state index is 9.92. The molecule has 0 bridgehead atoms. The van der Waals surface area contributed by atoms with E-state index in [9.17, 15) is 20.4 Å². The Morgan fingerprint density at radius 1 is 0.667 bits per heavy atom. The van der Waals surface area contributed by atoms with Gasteiger partial charge in [0, 0.05) is 12.8 Å². The van der Waals surface area contributed by atoms with Crippen molar-refractivity contribution in [2.24, 2.45) is 0 Å². The lowest BCUT2D eigenvalue weighted by atomic mass is 9.85. The Morgan fingerprint density at radius 2 is 1.11 bits per heavy atom. The van der Waals surface area contributed by atoms with Gasteiger partial charge in [-0.1, -0.05) is 6.42 Å². The van der Waals surface area contributed by atoms with Gasteiger partial charge in [-0.15, -0.1) is 0 Å². The molecule has 0 aromatic rings. The molecule has 0 aromatic heterocycles. The van der Waals surface area contributed by atoms with Gasteiger partial charge in [0.05, 0.1) is 0 Å². The van der Waals surface area contributed by atoms with Crippen LogP contribution < -0.4 is 0 Å². The number of ether oxygens (including phenoxy) is 2. The summed E-state index contributed by atoms with van der Waals surface area (Å²) < 4.78 is 11.6. The van der Waals surface area contributed by atoms with Crippen molar-refractivity contribution in [2.75, 3.05) is 0 Å². The van der Waals surface area contributed by atoms with E-state index in [-0.39, 0.29) is 0 Å². The quantitative estimate of drug-likeness (QED) is 0.441. The average molecular weight is 260 g/mol. The van der Waals surface area contributed by atoms with Crippen LogP contribution in [0.3, 0.4) is 0 Å². The van der Waals surface area contributed by atoms with Crippen LogP contribution in [0.1, 0.15) is 32.1 Å². The molecule has 3 rings (SSSR count). The third-order valence-electron chi connectivity index (χ3n) is 4.36. The summed E-state index contributed by atoms with van der Waals surface area (Å²) in [7, 11) is 0. The molecule has 1 spiro atoms. The molecule has 104 valence electrons. The molecule has 1 saturated heterocycles. The maximum Gasteiger partial charge on any atom is 0.169 e. The van der Waals surface area contributed by atoms with Crippen molar-refractivity contribution >= 4 is 0 Å². The molecular weight excluding hydrogens is 240 g/mol. The summed E-state index contributed by atoms with van der Waals surface area (Å²) in [5, 5.41) is 39.2. The highest BCUT2D eigenvalue weighted by Gasteiger charge is 2.59. The molecule has 0 aromatic carbocycles. The number of fused-ring (bicyclic) bond motifs is 1. The summed E-state index contributed by atoms with van der Waals surface area (Å²) >= 11 is 0. The lowest BCUT2D eigenvalue weighted by molar-refractivity contribution is -0.203. The van der Waals surface area contributed by atoms with E-state index in [1.165, 1.54) is 0 Å². The summed E-state index contributed by atoms with van der Waals surface area (Å²) in [5.74, 6) is -0.751. The molecule has 2 saturated carbocycles. The van der Waals surface area contributed by atoms with Crippen LogP contribution in [0, 0.1) is 0 Å². The number of hydrogen-bond acceptors (Lipinski definition) is 6. The van der Waals surface area contributed by atoms with Crippen LogP contribution in [0.5, 0.6) is 0 Å². The van der Waals surface area contributed by atoms with E-state index in [2.05, 4.69) is 0 Å². The molecule has 1 aliphatic heterocycles. The molecule has 0 amide bonds. The van der Waals surface area contributed by atoms with Crippen molar-refractivity contribution in [3.8, 4) is 0 Å². The number of rotatable bonds is 0. The van der Waals surface area contributed by atoms with E-state index in [0.29, 0.717) is 0 Å². The van der Waals surface area contributed by atoms with Crippen LogP contribution in [0.25, 0.3) is 0 Å². The summed E-state index contributed by atoms with van der Waals surface area (Å²) in [6.07, 6.45) is -2.24. The second-order valence-corrected chi connectivity index (χ2v) is 5.60. The Balaban J connectivity index is 1.82. The zero-order chi connectivity index (χ0) is 12.9. The Morgan fingerprint density at radius 3 is 1.56 bits per heavy atom. The zero-order valence-electron chi connectivity index (χ0n) is 10.1. The van der Waals surface area contributed by atoms with Gasteiger partial charge in [0.2, 0.25) is 0 Å². The van der Waals surface area contributed by atoms with Gasteiger partial charge in [-0.2, -0.15) is 0 Å². The lowest BCUT2D eigenvalue weighted by Crippen LogP contribution is -2.62. The molecule has 6 nitrogen and oxygen atoms in total. The fraction of sp³-hybridized carbons (Fsp3) is 1.00. The van der Waals surface area contributed by atoms with Gasteiger partial charge in [0.15, 0.2) is 5.79 Å². The van der Waals surface area contributed by atoms with Crippen molar-refractivity contribution in [2.45, 2.75) is 74.5 Å². The van der Waals surface area contributed by atoms with Crippen molar-refractivity contribution in [3.05, 3.63) is 0 Å². The summed E-state index contributed by atoms with van der Waals surface area (Å²) in [6, 6.07) is 0. The number of aliphatic hydroxyl groups is 4. The van der Waals surface area contributed by atoms with Crippen molar-refractivity contribution in [3.63, 3.8) is 0 Å². The highest BCUT2D eigenvalue weighted by molar-refractivity contribution is 5.04. The second kappa shape index (κ2) is 4.40. The van der Waals surface area contributed by atoms with Crippen molar-refractivity contribution < 1.29 is 29.9 Å². The Kier molecular flexibility index (Phi) is 3.12. The highest BCUT2D eigenvalue weighted by Crippen LogP contribution is 2.44. The average Bonchev–Trinajstić information content (AvgIpc) is 2.74. The molecule has 18 heavy (non-hydrogen) atoms. The third kappa shape index (κ3) is 1.79. The zero-order valence-corrected chi connectivity index (χ0v) is 10.1. The van der Waals surface area contributed by atoms with Crippen LogP contribution in [0.4, 0.5) is 0 Å². The Labute approximate surface area is 105 Å². The summed E-state index contributed by atoms with van der Waals surface area (Å²) in [5.41, 5.74) is 0. The Bertz CT molecular complexity index is 292. The first kappa shape index (κ1) is 12.8. The third-order valence-corrected chi connectivity index (χ3v) is 4.36. The molecule has 3 unspecified atom stereocenters. The first-order chi connectivity index (χ1) is 8.54.